The molecule has 0 bridgehead atoms. The average molecular weight is 818 g/mol. The van der Waals surface area contributed by atoms with E-state index in [-0.39, 0.29) is 30.3 Å². The van der Waals surface area contributed by atoms with E-state index < -0.39 is 12.0 Å². The van der Waals surface area contributed by atoms with Crippen LogP contribution in [0.25, 0.3) is 6.08 Å². The fourth-order valence-corrected chi connectivity index (χ4v) is 7.63. The van der Waals surface area contributed by atoms with Crippen LogP contribution in [-0.2, 0) is 14.3 Å². The predicted molar refractivity (Wildman–Crippen MR) is 195 cm³/mol. The Balaban J connectivity index is 1.50. The Morgan fingerprint density at radius 1 is 1.02 bits per heavy atom. The number of esters is 1. The summed E-state index contributed by atoms with van der Waals surface area (Å²) in [6.45, 7) is 9.49. The van der Waals surface area contributed by atoms with E-state index in [0.717, 1.165) is 15.6 Å². The summed E-state index contributed by atoms with van der Waals surface area (Å²) in [7, 11) is 0. The summed E-state index contributed by atoms with van der Waals surface area (Å²) >= 11 is 14.9. The number of benzene rings is 3. The van der Waals surface area contributed by atoms with Gasteiger partial charge in [-0.2, -0.15) is 0 Å². The Morgan fingerprint density at radius 3 is 2.46 bits per heavy atom. The van der Waals surface area contributed by atoms with Crippen molar-refractivity contribution >= 4 is 78.4 Å². The zero-order valence-electron chi connectivity index (χ0n) is 26.8. The van der Waals surface area contributed by atoms with Gasteiger partial charge in [-0.1, -0.05) is 41.1 Å². The van der Waals surface area contributed by atoms with E-state index in [1.54, 1.807) is 56.3 Å². The smallest absolute Gasteiger partial charge is 0.338 e. The number of carbonyl (C=O) groups is 2. The molecule has 1 N–H and O–H groups in total. The first-order valence-corrected chi connectivity index (χ1v) is 17.8. The molecule has 9 nitrogen and oxygen atoms in total. The minimum absolute atomic E-state index is 0.168. The molecule has 0 unspecified atom stereocenters. The van der Waals surface area contributed by atoms with Crippen molar-refractivity contribution in [2.45, 2.75) is 40.7 Å². The van der Waals surface area contributed by atoms with Gasteiger partial charge in [0, 0.05) is 9.50 Å². The Kier molecular flexibility index (Phi) is 11.3. The lowest BCUT2D eigenvalue weighted by Crippen LogP contribution is -2.40. The molecule has 2 heterocycles. The van der Waals surface area contributed by atoms with E-state index in [1.165, 1.54) is 15.9 Å². The van der Waals surface area contributed by atoms with Crippen LogP contribution >= 0.6 is 54.8 Å². The van der Waals surface area contributed by atoms with E-state index in [1.807, 2.05) is 32.9 Å². The second-order valence-electron chi connectivity index (χ2n) is 10.8. The minimum atomic E-state index is -0.826. The van der Waals surface area contributed by atoms with Crippen LogP contribution in [0.2, 0.25) is 5.02 Å². The summed E-state index contributed by atoms with van der Waals surface area (Å²) in [5.41, 5.74) is 4.38. The van der Waals surface area contributed by atoms with Gasteiger partial charge in [-0.3, -0.25) is 14.2 Å². The largest absolute Gasteiger partial charge is 0.490 e. The number of rotatable bonds is 10. The second kappa shape index (κ2) is 15.2. The molecule has 0 fully saturated rings. The molecule has 0 aliphatic carbocycles. The first kappa shape index (κ1) is 35.6. The lowest BCUT2D eigenvalue weighted by molar-refractivity contribution is -0.139. The summed E-state index contributed by atoms with van der Waals surface area (Å²) < 4.78 is 20.3. The zero-order chi connectivity index (χ0) is 34.7. The highest BCUT2D eigenvalue weighted by molar-refractivity contribution is 9.11. The Labute approximate surface area is 303 Å². The van der Waals surface area contributed by atoms with Gasteiger partial charge < -0.3 is 19.5 Å². The lowest BCUT2D eigenvalue weighted by Gasteiger charge is -2.25. The van der Waals surface area contributed by atoms with Crippen LogP contribution in [-0.4, -0.2) is 36.3 Å². The van der Waals surface area contributed by atoms with Crippen molar-refractivity contribution in [1.29, 1.82) is 0 Å². The maximum atomic E-state index is 14.0. The summed E-state index contributed by atoms with van der Waals surface area (Å²) in [6.07, 6.45) is 1.72. The van der Waals surface area contributed by atoms with Crippen molar-refractivity contribution in [1.82, 2.24) is 4.57 Å². The molecule has 4 aromatic rings. The number of allylic oxidation sites excluding steroid dienone is 1. The van der Waals surface area contributed by atoms with Crippen molar-refractivity contribution in [2.75, 3.05) is 25.1 Å². The molecule has 13 heteroatoms. The van der Waals surface area contributed by atoms with Gasteiger partial charge >= 0.3 is 5.97 Å². The van der Waals surface area contributed by atoms with E-state index in [4.69, 9.17) is 25.8 Å². The van der Waals surface area contributed by atoms with Gasteiger partial charge in [0.1, 0.15) is 6.04 Å². The number of aryl methyl sites for hydroxylation is 2. The van der Waals surface area contributed by atoms with Crippen LogP contribution in [0.4, 0.5) is 5.69 Å². The first-order chi connectivity index (χ1) is 22.9. The number of carbonyl (C=O) groups excluding carboxylic acids is 2. The topological polar surface area (TPSA) is 108 Å². The van der Waals surface area contributed by atoms with Crippen LogP contribution in [0.1, 0.15) is 49.1 Å². The van der Waals surface area contributed by atoms with Crippen LogP contribution in [0.5, 0.6) is 11.5 Å². The van der Waals surface area contributed by atoms with Gasteiger partial charge in [0.2, 0.25) is 0 Å². The molecular formula is C35H32Br2ClN3O6S. The highest BCUT2D eigenvalue weighted by Gasteiger charge is 2.34. The number of fused-ring (bicyclic) bond motifs is 1. The molecule has 1 aromatic heterocycles. The van der Waals surface area contributed by atoms with Gasteiger partial charge in [0.15, 0.2) is 22.9 Å². The average Bonchev–Trinajstić information content (AvgIpc) is 3.33. The maximum absolute atomic E-state index is 14.0. The SMILES string of the molecule is CCOC(=O)C1=C(C)N=c2s/c(=C/c3cc(Br)c(OCC(=O)Nc4cc(C)c(C)cc4Br)c(OCC)c3)c(=O)n2[C@H]1c1ccccc1Cl. The summed E-state index contributed by atoms with van der Waals surface area (Å²) in [4.78, 5) is 45.1. The number of hydrogen-bond donors (Lipinski definition) is 1. The third-order valence-corrected chi connectivity index (χ3v) is 10.1. The molecule has 3 aromatic carbocycles. The molecule has 0 saturated carbocycles. The molecule has 1 aliphatic heterocycles. The van der Waals surface area contributed by atoms with Crippen molar-refractivity contribution in [2.24, 2.45) is 4.99 Å². The molecule has 0 spiro atoms. The quantitative estimate of drug-likeness (QED) is 0.173. The summed E-state index contributed by atoms with van der Waals surface area (Å²) in [5, 5.41) is 3.28. The van der Waals surface area contributed by atoms with Gasteiger partial charge in [-0.25, -0.2) is 9.79 Å². The summed E-state index contributed by atoms with van der Waals surface area (Å²) in [6, 6.07) is 13.6. The Hall–Kier alpha value is -3.71. The van der Waals surface area contributed by atoms with Gasteiger partial charge in [0.05, 0.1) is 39.2 Å². The van der Waals surface area contributed by atoms with E-state index in [9.17, 15) is 14.4 Å². The van der Waals surface area contributed by atoms with Gasteiger partial charge in [-0.05, 0) is 125 Å². The van der Waals surface area contributed by atoms with Crippen molar-refractivity contribution in [3.8, 4) is 11.5 Å². The van der Waals surface area contributed by atoms with E-state index in [0.29, 0.717) is 59.4 Å². The number of nitrogens with one attached hydrogen (secondary N) is 1. The van der Waals surface area contributed by atoms with Crippen molar-refractivity contribution in [3.05, 3.63) is 116 Å². The Bertz CT molecular complexity index is 2140. The molecule has 0 saturated heterocycles. The molecule has 0 radical (unpaired) electrons. The predicted octanol–water partition coefficient (Wildman–Crippen LogP) is 7.01. The standard InChI is InChI=1S/C35H32Br2ClN3O6S/c1-6-45-27-15-21(14-24(37)32(27)47-17-29(42)40-26-13-19(4)18(3)12-23(26)36)16-28-33(43)41-31(22-10-8-9-11-25(22)38)30(34(44)46-7-2)20(5)39-35(41)48-28/h8-16,31H,6-7,17H2,1-5H3,(H,40,42)/b28-16+/t31-/m0/s1. The zero-order valence-corrected chi connectivity index (χ0v) is 31.5. The molecule has 48 heavy (non-hydrogen) atoms. The van der Waals surface area contributed by atoms with E-state index >= 15 is 0 Å². The number of thiazole rings is 1. The number of nitrogens with zero attached hydrogens (tertiary/aromatic N) is 2. The second-order valence-corrected chi connectivity index (χ2v) is 14.0. The van der Waals surface area contributed by atoms with Crippen molar-refractivity contribution < 1.29 is 23.8 Å². The minimum Gasteiger partial charge on any atom is -0.490 e. The normalized spacial score (nSPS) is 14.3. The third-order valence-electron chi connectivity index (χ3n) is 7.55. The molecule has 1 aliphatic rings. The summed E-state index contributed by atoms with van der Waals surface area (Å²) in [5.74, 6) is -0.170. The molecular weight excluding hydrogens is 786 g/mol. The number of hydrogen-bond acceptors (Lipinski definition) is 8. The fraction of sp³-hybridized carbons (Fsp3) is 0.257. The number of aromatic nitrogens is 1. The van der Waals surface area contributed by atoms with Crippen LogP contribution in [0, 0.1) is 13.8 Å². The molecule has 1 atom stereocenters. The van der Waals surface area contributed by atoms with E-state index in [2.05, 4.69) is 42.2 Å². The fourth-order valence-electron chi connectivity index (χ4n) is 5.21. The molecule has 250 valence electrons. The number of anilines is 1. The van der Waals surface area contributed by atoms with Crippen molar-refractivity contribution in [3.63, 3.8) is 0 Å². The number of amides is 1. The van der Waals surface area contributed by atoms with Gasteiger partial charge in [-0.15, -0.1) is 0 Å². The number of halogens is 3. The maximum Gasteiger partial charge on any atom is 0.338 e. The number of ether oxygens (including phenoxy) is 3. The Morgan fingerprint density at radius 2 is 1.75 bits per heavy atom. The molecule has 1 amide bonds. The first-order valence-electron chi connectivity index (χ1n) is 15.0. The van der Waals surface area contributed by atoms with Crippen LogP contribution < -0.4 is 29.7 Å². The third kappa shape index (κ3) is 7.46. The van der Waals surface area contributed by atoms with Crippen LogP contribution in [0.3, 0.4) is 0 Å². The monoisotopic (exact) mass is 815 g/mol. The lowest BCUT2D eigenvalue weighted by atomic mass is 9.96. The highest BCUT2D eigenvalue weighted by atomic mass is 79.9. The molecule has 5 rings (SSSR count). The van der Waals surface area contributed by atoms with Gasteiger partial charge in [0.25, 0.3) is 11.5 Å². The van der Waals surface area contributed by atoms with Crippen LogP contribution in [0.15, 0.2) is 78.5 Å². The highest BCUT2D eigenvalue weighted by Crippen LogP contribution is 2.38.